The number of hydrogen-bond donors (Lipinski definition) is 1. The Hall–Kier alpha value is -1.93. The molecule has 1 amide bonds. The molecule has 0 aliphatic carbocycles. The third-order valence-electron chi connectivity index (χ3n) is 3.51. The van der Waals surface area contributed by atoms with Gasteiger partial charge in [-0.1, -0.05) is 6.07 Å². The number of halogens is 1. The molecule has 1 N–H and O–H groups in total. The molecule has 1 saturated heterocycles. The van der Waals surface area contributed by atoms with E-state index < -0.39 is 5.41 Å². The summed E-state index contributed by atoms with van der Waals surface area (Å²) in [7, 11) is 0. The van der Waals surface area contributed by atoms with Crippen LogP contribution in [0.4, 0.5) is 10.1 Å². The van der Waals surface area contributed by atoms with Crippen molar-refractivity contribution in [2.45, 2.75) is 19.8 Å². The van der Waals surface area contributed by atoms with E-state index in [9.17, 15) is 14.4 Å². The molecule has 1 aliphatic rings. The SMILES string of the molecule is Cc1c(F)cccc1NC(=O)C1(C#N)CCOCC1. The number of nitrogens with one attached hydrogen (secondary N) is 1. The highest BCUT2D eigenvalue weighted by Gasteiger charge is 2.40. The molecule has 19 heavy (non-hydrogen) atoms. The van der Waals surface area contributed by atoms with Gasteiger partial charge in [0.15, 0.2) is 0 Å². The fraction of sp³-hybridized carbons (Fsp3) is 0.429. The first-order valence-electron chi connectivity index (χ1n) is 6.15. The topological polar surface area (TPSA) is 62.1 Å². The molecule has 0 spiro atoms. The Morgan fingerprint density at radius 3 is 2.79 bits per heavy atom. The van der Waals surface area contributed by atoms with Crippen LogP contribution in [0.2, 0.25) is 0 Å². The number of carbonyl (C=O) groups excluding carboxylic acids is 1. The summed E-state index contributed by atoms with van der Waals surface area (Å²) in [5.41, 5.74) is -0.293. The predicted octanol–water partition coefficient (Wildman–Crippen LogP) is 2.39. The predicted molar refractivity (Wildman–Crippen MR) is 67.9 cm³/mol. The number of ether oxygens (including phenoxy) is 1. The molecule has 1 fully saturated rings. The summed E-state index contributed by atoms with van der Waals surface area (Å²) < 4.78 is 18.6. The van der Waals surface area contributed by atoms with Gasteiger partial charge in [-0.15, -0.1) is 0 Å². The lowest BCUT2D eigenvalue weighted by Gasteiger charge is -2.29. The van der Waals surface area contributed by atoms with Crippen molar-refractivity contribution in [2.24, 2.45) is 5.41 Å². The van der Waals surface area contributed by atoms with Crippen LogP contribution < -0.4 is 5.32 Å². The van der Waals surface area contributed by atoms with Crippen molar-refractivity contribution in [3.63, 3.8) is 0 Å². The largest absolute Gasteiger partial charge is 0.381 e. The Balaban J connectivity index is 2.20. The molecule has 1 aromatic carbocycles. The molecule has 100 valence electrons. The second-order valence-electron chi connectivity index (χ2n) is 4.67. The molecule has 0 radical (unpaired) electrons. The lowest BCUT2D eigenvalue weighted by atomic mass is 9.81. The normalized spacial score (nSPS) is 17.5. The minimum Gasteiger partial charge on any atom is -0.381 e. The van der Waals surface area contributed by atoms with Gasteiger partial charge < -0.3 is 10.1 Å². The molecule has 1 aliphatic heterocycles. The van der Waals surface area contributed by atoms with Crippen LogP contribution >= 0.6 is 0 Å². The van der Waals surface area contributed by atoms with E-state index in [0.717, 1.165) is 0 Å². The van der Waals surface area contributed by atoms with Crippen LogP contribution in [0.5, 0.6) is 0 Å². The summed E-state index contributed by atoms with van der Waals surface area (Å²) in [6, 6.07) is 6.57. The third kappa shape index (κ3) is 2.59. The van der Waals surface area contributed by atoms with Crippen LogP contribution in [0.15, 0.2) is 18.2 Å². The fourth-order valence-corrected chi connectivity index (χ4v) is 2.09. The molecule has 2 rings (SSSR count). The average molecular weight is 262 g/mol. The second-order valence-corrected chi connectivity index (χ2v) is 4.67. The maximum Gasteiger partial charge on any atom is 0.245 e. The van der Waals surface area contributed by atoms with Gasteiger partial charge in [0.25, 0.3) is 0 Å². The molecule has 0 unspecified atom stereocenters. The minimum absolute atomic E-state index is 0.365. The van der Waals surface area contributed by atoms with Crippen molar-refractivity contribution in [1.29, 1.82) is 5.26 Å². The van der Waals surface area contributed by atoms with Crippen LogP contribution in [0.25, 0.3) is 0 Å². The molecule has 5 heteroatoms. The van der Waals surface area contributed by atoms with Crippen LogP contribution in [0, 0.1) is 29.5 Å². The van der Waals surface area contributed by atoms with E-state index in [2.05, 4.69) is 11.4 Å². The molecule has 0 bridgehead atoms. The maximum absolute atomic E-state index is 13.4. The first-order chi connectivity index (χ1) is 9.09. The second kappa shape index (κ2) is 5.37. The van der Waals surface area contributed by atoms with Crippen molar-refractivity contribution in [1.82, 2.24) is 0 Å². The number of benzene rings is 1. The number of rotatable bonds is 2. The zero-order valence-electron chi connectivity index (χ0n) is 10.7. The summed E-state index contributed by atoms with van der Waals surface area (Å²) in [5.74, 6) is -0.761. The highest BCUT2D eigenvalue weighted by atomic mass is 19.1. The lowest BCUT2D eigenvalue weighted by Crippen LogP contribution is -2.40. The lowest BCUT2D eigenvalue weighted by molar-refractivity contribution is -0.126. The van der Waals surface area contributed by atoms with E-state index >= 15 is 0 Å². The van der Waals surface area contributed by atoms with E-state index in [1.54, 1.807) is 13.0 Å². The molecule has 0 aromatic heterocycles. The third-order valence-corrected chi connectivity index (χ3v) is 3.51. The molecular formula is C14H15FN2O2. The van der Waals surface area contributed by atoms with Crippen LogP contribution in [0.3, 0.4) is 0 Å². The molecule has 1 aromatic rings. The summed E-state index contributed by atoms with van der Waals surface area (Å²) in [5, 5.41) is 11.9. The fourth-order valence-electron chi connectivity index (χ4n) is 2.09. The number of nitrogens with zero attached hydrogens (tertiary/aromatic N) is 1. The minimum atomic E-state index is -1.07. The molecule has 0 saturated carbocycles. The summed E-state index contributed by atoms with van der Waals surface area (Å²) >= 11 is 0. The first kappa shape index (κ1) is 13.5. The van der Waals surface area contributed by atoms with Crippen molar-refractivity contribution in [3.05, 3.63) is 29.6 Å². The number of amides is 1. The van der Waals surface area contributed by atoms with E-state index in [0.29, 0.717) is 37.3 Å². The Kier molecular flexibility index (Phi) is 3.82. The number of hydrogen-bond acceptors (Lipinski definition) is 3. The van der Waals surface area contributed by atoms with Gasteiger partial charge in [0.2, 0.25) is 5.91 Å². The van der Waals surface area contributed by atoms with E-state index in [4.69, 9.17) is 4.74 Å². The van der Waals surface area contributed by atoms with Crippen molar-refractivity contribution in [2.75, 3.05) is 18.5 Å². The van der Waals surface area contributed by atoms with Crippen LogP contribution in [0.1, 0.15) is 18.4 Å². The van der Waals surface area contributed by atoms with Gasteiger partial charge in [-0.25, -0.2) is 4.39 Å². The first-order valence-corrected chi connectivity index (χ1v) is 6.15. The number of anilines is 1. The van der Waals surface area contributed by atoms with E-state index in [1.807, 2.05) is 0 Å². The molecular weight excluding hydrogens is 247 g/mol. The zero-order valence-corrected chi connectivity index (χ0v) is 10.7. The van der Waals surface area contributed by atoms with E-state index in [1.165, 1.54) is 12.1 Å². The Labute approximate surface area is 111 Å². The summed E-state index contributed by atoms with van der Waals surface area (Å²) in [6.07, 6.45) is 0.730. The van der Waals surface area contributed by atoms with Gasteiger partial charge in [0.1, 0.15) is 11.2 Å². The van der Waals surface area contributed by atoms with Crippen molar-refractivity contribution < 1.29 is 13.9 Å². The van der Waals surface area contributed by atoms with Crippen LogP contribution in [-0.4, -0.2) is 19.1 Å². The van der Waals surface area contributed by atoms with Gasteiger partial charge in [0.05, 0.1) is 6.07 Å². The maximum atomic E-state index is 13.4. The van der Waals surface area contributed by atoms with Gasteiger partial charge in [-0.2, -0.15) is 5.26 Å². The van der Waals surface area contributed by atoms with Gasteiger partial charge in [-0.3, -0.25) is 4.79 Å². The van der Waals surface area contributed by atoms with Crippen molar-refractivity contribution >= 4 is 11.6 Å². The van der Waals surface area contributed by atoms with E-state index in [-0.39, 0.29) is 11.7 Å². The highest BCUT2D eigenvalue weighted by molar-refractivity contribution is 5.97. The average Bonchev–Trinajstić information content (AvgIpc) is 2.44. The summed E-state index contributed by atoms with van der Waals surface area (Å²) in [4.78, 5) is 12.3. The number of carbonyl (C=O) groups is 1. The number of nitriles is 1. The highest BCUT2D eigenvalue weighted by Crippen LogP contribution is 2.31. The molecule has 4 nitrogen and oxygen atoms in total. The summed E-state index contributed by atoms with van der Waals surface area (Å²) in [6.45, 7) is 2.38. The molecule has 0 atom stereocenters. The smallest absolute Gasteiger partial charge is 0.245 e. The zero-order chi connectivity index (χ0) is 13.9. The monoisotopic (exact) mass is 262 g/mol. The molecule has 1 heterocycles. The quantitative estimate of drug-likeness (QED) is 0.890. The van der Waals surface area contributed by atoms with Gasteiger partial charge in [0, 0.05) is 24.5 Å². The Morgan fingerprint density at radius 1 is 1.47 bits per heavy atom. The van der Waals surface area contributed by atoms with Gasteiger partial charge >= 0.3 is 0 Å². The Morgan fingerprint density at radius 2 is 2.16 bits per heavy atom. The Bertz CT molecular complexity index is 531. The van der Waals surface area contributed by atoms with Crippen molar-refractivity contribution in [3.8, 4) is 6.07 Å². The van der Waals surface area contributed by atoms with Crippen LogP contribution in [-0.2, 0) is 9.53 Å². The van der Waals surface area contributed by atoms with Gasteiger partial charge in [-0.05, 0) is 31.9 Å². The standard InChI is InChI=1S/C14H15FN2O2/c1-10-11(15)3-2-4-12(10)17-13(18)14(9-16)5-7-19-8-6-14/h2-4H,5-8H2,1H3,(H,17,18).